The Bertz CT molecular complexity index is 1790. The van der Waals surface area contributed by atoms with E-state index in [4.69, 9.17) is 23.1 Å². The van der Waals surface area contributed by atoms with Gasteiger partial charge >= 0.3 is 16.4 Å². The summed E-state index contributed by atoms with van der Waals surface area (Å²) in [5.41, 5.74) is -2.59. The van der Waals surface area contributed by atoms with Crippen molar-refractivity contribution in [2.75, 3.05) is 19.8 Å². The smallest absolute Gasteiger partial charge is 0.397 e. The molecule has 61 heavy (non-hydrogen) atoms. The van der Waals surface area contributed by atoms with Crippen LogP contribution in [0.3, 0.4) is 0 Å². The zero-order valence-corrected chi connectivity index (χ0v) is 36.7. The van der Waals surface area contributed by atoms with Crippen LogP contribution in [0.4, 0.5) is 0 Å². The highest BCUT2D eigenvalue weighted by molar-refractivity contribution is 7.80. The van der Waals surface area contributed by atoms with E-state index in [1.54, 1.807) is 6.92 Å². The van der Waals surface area contributed by atoms with Gasteiger partial charge in [0.05, 0.1) is 31.3 Å². The minimum Gasteiger partial charge on any atom is -0.432 e. The van der Waals surface area contributed by atoms with Gasteiger partial charge in [-0.2, -0.15) is 8.42 Å². The van der Waals surface area contributed by atoms with Gasteiger partial charge < -0.3 is 64.9 Å². The number of hydrogen-bond donors (Lipinski definition) is 10. The summed E-state index contributed by atoms with van der Waals surface area (Å²) in [6.45, 7) is 11.0. The topological polar surface area (TPSA) is 300 Å². The van der Waals surface area contributed by atoms with Crippen molar-refractivity contribution < 1.29 is 86.9 Å². The first-order valence-corrected chi connectivity index (χ1v) is 23.1. The largest absolute Gasteiger partial charge is 0.432 e. The minimum atomic E-state index is -4.93. The summed E-state index contributed by atoms with van der Waals surface area (Å²) in [6, 6.07) is 0. The predicted molar refractivity (Wildman–Crippen MR) is 211 cm³/mol. The second-order valence-corrected chi connectivity index (χ2v) is 22.2. The molecular formula is C42H68O18S. The molecule has 0 amide bonds. The van der Waals surface area contributed by atoms with Crippen LogP contribution in [-0.2, 0) is 38.3 Å². The van der Waals surface area contributed by atoms with Gasteiger partial charge in [-0.1, -0.05) is 53.2 Å². The maximum absolute atomic E-state index is 14.8. The van der Waals surface area contributed by atoms with E-state index in [2.05, 4.69) is 40.7 Å². The number of fused-ring (bicyclic) bond motifs is 7. The maximum atomic E-state index is 14.8. The molecule has 0 aromatic heterocycles. The molecule has 7 aliphatic rings. The number of ether oxygens (including phenoxy) is 4. The Morgan fingerprint density at radius 2 is 1.38 bits per heavy atom. The fourth-order valence-electron chi connectivity index (χ4n) is 13.8. The van der Waals surface area contributed by atoms with E-state index >= 15 is 0 Å². The van der Waals surface area contributed by atoms with Crippen LogP contribution < -0.4 is 0 Å². The summed E-state index contributed by atoms with van der Waals surface area (Å²) >= 11 is 0. The first-order chi connectivity index (χ1) is 28.2. The lowest BCUT2D eigenvalue weighted by Crippen LogP contribution is -2.68. The van der Waals surface area contributed by atoms with E-state index in [1.807, 2.05) is 0 Å². The van der Waals surface area contributed by atoms with Gasteiger partial charge in [0.2, 0.25) is 6.29 Å². The molecule has 10 N–H and O–H groups in total. The zero-order chi connectivity index (χ0) is 45.0. The van der Waals surface area contributed by atoms with E-state index in [0.717, 1.165) is 5.57 Å². The standard InChI is InChI=1S/C42H68O18S/c1-37(2)11-13-42(36(52)59-35-32(51)30(49)28(47)24(58-35)18-56-34-31(50)29(48)27(46)23(17-43)57-34)14-12-40(5)20(21(42)15-37)7-8-26-38(3)16-22(45)33(60-61(53,54)55)39(4,19-44)25(38)9-10-41(26,40)6/h7,21-35,43-51H,8-19H2,1-6H3,(H,53,54,55)/t21-,22+,23+,24+,25+,26+,27+,28+,29-,30-,31+,32+,33-,34+,35-,38-,39-,40+,41+,42-/m0/s1. The molecular weight excluding hydrogens is 825 g/mol. The van der Waals surface area contributed by atoms with Gasteiger partial charge in [0.1, 0.15) is 54.9 Å². The molecule has 2 saturated heterocycles. The Labute approximate surface area is 357 Å². The number of esters is 1. The Morgan fingerprint density at radius 3 is 2.00 bits per heavy atom. The first-order valence-electron chi connectivity index (χ1n) is 21.7. The predicted octanol–water partition coefficient (Wildman–Crippen LogP) is 0.0866. The second-order valence-electron chi connectivity index (χ2n) is 21.2. The number of hydrogen-bond acceptors (Lipinski definition) is 17. The third kappa shape index (κ3) is 7.56. The van der Waals surface area contributed by atoms with Crippen molar-refractivity contribution in [2.24, 2.45) is 50.2 Å². The second kappa shape index (κ2) is 16.2. The van der Waals surface area contributed by atoms with Gasteiger partial charge in [0.25, 0.3) is 0 Å². The van der Waals surface area contributed by atoms with Crippen LogP contribution in [-0.4, -0.2) is 158 Å². The minimum absolute atomic E-state index is 0.0170. The van der Waals surface area contributed by atoms with Crippen molar-refractivity contribution in [1.82, 2.24) is 0 Å². The number of aliphatic hydroxyl groups is 9. The Morgan fingerprint density at radius 1 is 0.770 bits per heavy atom. The highest BCUT2D eigenvalue weighted by Gasteiger charge is 2.71. The molecule has 18 nitrogen and oxygen atoms in total. The fraction of sp³-hybridized carbons (Fsp3) is 0.929. The Hall–Kier alpha value is -1.40. The average molecular weight is 893 g/mol. The van der Waals surface area contributed by atoms with Gasteiger partial charge in [-0.05, 0) is 97.2 Å². The van der Waals surface area contributed by atoms with Crippen LogP contribution >= 0.6 is 0 Å². The Kier molecular flexibility index (Phi) is 12.6. The van der Waals surface area contributed by atoms with Gasteiger partial charge in [-0.15, -0.1) is 0 Å². The number of carbonyl (C=O) groups excluding carboxylic acids is 1. The molecule has 6 fully saturated rings. The molecule has 0 unspecified atom stereocenters. The van der Waals surface area contributed by atoms with Crippen molar-refractivity contribution in [3.05, 3.63) is 11.6 Å². The molecule has 7 rings (SSSR count). The number of rotatable bonds is 9. The molecule has 5 aliphatic carbocycles. The van der Waals surface area contributed by atoms with Gasteiger partial charge in [-0.3, -0.25) is 9.35 Å². The van der Waals surface area contributed by atoms with Crippen LogP contribution in [0.5, 0.6) is 0 Å². The van der Waals surface area contributed by atoms with Crippen LogP contribution in [0.15, 0.2) is 11.6 Å². The Balaban J connectivity index is 1.15. The molecule has 0 aromatic rings. The normalized spacial score (nSPS) is 52.1. The number of aliphatic hydroxyl groups excluding tert-OH is 9. The lowest BCUT2D eigenvalue weighted by atomic mass is 9.33. The molecule has 0 radical (unpaired) electrons. The first kappa shape index (κ1) is 47.6. The van der Waals surface area contributed by atoms with E-state index in [-0.39, 0.29) is 35.0 Å². The quantitative estimate of drug-likeness (QED) is 0.0833. The molecule has 20 atom stereocenters. The van der Waals surface area contributed by atoms with E-state index in [0.29, 0.717) is 51.4 Å². The summed E-state index contributed by atoms with van der Waals surface area (Å²) in [6.07, 6.45) is -11.9. The number of carbonyl (C=O) groups is 1. The van der Waals surface area contributed by atoms with Crippen molar-refractivity contribution in [3.8, 4) is 0 Å². The van der Waals surface area contributed by atoms with Crippen LogP contribution in [0.25, 0.3) is 0 Å². The van der Waals surface area contributed by atoms with Crippen molar-refractivity contribution in [2.45, 2.75) is 173 Å². The van der Waals surface area contributed by atoms with Gasteiger partial charge in [0.15, 0.2) is 6.29 Å². The van der Waals surface area contributed by atoms with Crippen molar-refractivity contribution in [1.29, 1.82) is 0 Å². The summed E-state index contributed by atoms with van der Waals surface area (Å²) in [5.74, 6) is -1.17. The van der Waals surface area contributed by atoms with Gasteiger partial charge in [0, 0.05) is 5.41 Å². The summed E-state index contributed by atoms with van der Waals surface area (Å²) in [7, 11) is -4.93. The molecule has 19 heteroatoms. The summed E-state index contributed by atoms with van der Waals surface area (Å²) < 4.78 is 61.5. The fourth-order valence-corrected chi connectivity index (χ4v) is 14.4. The molecule has 2 aliphatic heterocycles. The molecule has 350 valence electrons. The van der Waals surface area contributed by atoms with E-state index in [9.17, 15) is 63.7 Å². The SMILES string of the molecule is CC1(C)CC[C@]2(C(=O)O[C@@H]3O[C@H](CO[C@@H]4O[C@H](CO)[C@@H](O)[C@H](O)[C@H]4O)[C@@H](O)[C@H](O)[C@H]3O)CC[C@]3(C)C(=CC[C@@H]4[C@@]5(C)C[C@@H](O)[C@H](OS(=O)(=O)O)[C@@](C)(CO)[C@@H]5CC[C@]43C)[C@@H]2C1. The van der Waals surface area contributed by atoms with Crippen molar-refractivity contribution in [3.63, 3.8) is 0 Å². The summed E-state index contributed by atoms with van der Waals surface area (Å²) in [4.78, 5) is 14.8. The number of allylic oxidation sites excluding steroid dienone is 2. The zero-order valence-electron chi connectivity index (χ0n) is 35.9. The van der Waals surface area contributed by atoms with Crippen LogP contribution in [0.1, 0.15) is 99.3 Å². The van der Waals surface area contributed by atoms with Crippen molar-refractivity contribution >= 4 is 16.4 Å². The molecule has 0 bridgehead atoms. The van der Waals surface area contributed by atoms with E-state index in [1.165, 1.54) is 0 Å². The third-order valence-electron chi connectivity index (χ3n) is 17.5. The maximum Gasteiger partial charge on any atom is 0.397 e. The molecule has 0 spiro atoms. The monoisotopic (exact) mass is 892 g/mol. The van der Waals surface area contributed by atoms with Crippen LogP contribution in [0.2, 0.25) is 0 Å². The lowest BCUT2D eigenvalue weighted by molar-refractivity contribution is -0.328. The lowest BCUT2D eigenvalue weighted by Gasteiger charge is -2.71. The molecule has 2 heterocycles. The molecule has 0 aromatic carbocycles. The average Bonchev–Trinajstić information content (AvgIpc) is 3.18. The highest BCUT2D eigenvalue weighted by atomic mass is 32.3. The molecule has 4 saturated carbocycles. The van der Waals surface area contributed by atoms with Gasteiger partial charge in [-0.25, -0.2) is 4.18 Å². The third-order valence-corrected chi connectivity index (χ3v) is 17.9. The highest BCUT2D eigenvalue weighted by Crippen LogP contribution is 2.76. The summed E-state index contributed by atoms with van der Waals surface area (Å²) in [5, 5.41) is 95.6. The van der Waals surface area contributed by atoms with Crippen LogP contribution in [0, 0.1) is 50.2 Å². The van der Waals surface area contributed by atoms with E-state index < -0.39 is 131 Å².